The summed E-state index contributed by atoms with van der Waals surface area (Å²) in [5.74, 6) is -2.57. The molecule has 112 valence electrons. The molecule has 1 aromatic carbocycles. The number of carbonyl (C=O) groups is 2. The van der Waals surface area contributed by atoms with E-state index in [-0.39, 0.29) is 23.3 Å². The maximum atomic E-state index is 13.8. The van der Waals surface area contributed by atoms with Gasteiger partial charge in [0.2, 0.25) is 0 Å². The van der Waals surface area contributed by atoms with Crippen LogP contribution in [0.4, 0.5) is 8.78 Å². The van der Waals surface area contributed by atoms with Crippen LogP contribution in [-0.4, -0.2) is 29.2 Å². The van der Waals surface area contributed by atoms with Crippen LogP contribution in [0.3, 0.4) is 0 Å². The van der Waals surface area contributed by atoms with Crippen molar-refractivity contribution in [2.24, 2.45) is 5.92 Å². The number of ketones is 1. The summed E-state index contributed by atoms with van der Waals surface area (Å²) < 4.78 is 27.1. The fraction of sp³-hybridized carbons (Fsp3) is 0.500. The third-order valence-corrected chi connectivity index (χ3v) is 4.56. The third-order valence-electron chi connectivity index (χ3n) is 4.56. The summed E-state index contributed by atoms with van der Waals surface area (Å²) >= 11 is 0. The highest BCUT2D eigenvalue weighted by atomic mass is 19.2. The topological polar surface area (TPSA) is 37.4 Å². The molecule has 1 saturated carbocycles. The summed E-state index contributed by atoms with van der Waals surface area (Å²) in [6.45, 7) is 0.503. The number of halogens is 2. The van der Waals surface area contributed by atoms with E-state index in [4.69, 9.17) is 0 Å². The molecular formula is C16H17F2NO2. The van der Waals surface area contributed by atoms with Crippen molar-refractivity contribution < 1.29 is 18.4 Å². The van der Waals surface area contributed by atoms with Gasteiger partial charge in [-0.1, -0.05) is 6.07 Å². The lowest BCUT2D eigenvalue weighted by Gasteiger charge is -2.28. The average molecular weight is 293 g/mol. The standard InChI is InChI=1S/C16H17F2NO2/c17-12-6-1-5-11(15(12)18)16(21)19-9-3-7-13(19)10-4-2-8-14(10)20/h1,5-6,10,13H,2-4,7-9H2. The van der Waals surface area contributed by atoms with Crippen LogP contribution in [0, 0.1) is 17.6 Å². The molecule has 1 aliphatic heterocycles. The summed E-state index contributed by atoms with van der Waals surface area (Å²) in [5.41, 5.74) is -0.243. The molecule has 0 aromatic heterocycles. The Morgan fingerprint density at radius 1 is 1.19 bits per heavy atom. The third kappa shape index (κ3) is 2.45. The first-order valence-electron chi connectivity index (χ1n) is 7.37. The lowest BCUT2D eigenvalue weighted by molar-refractivity contribution is -0.121. The van der Waals surface area contributed by atoms with Crippen LogP contribution in [-0.2, 0) is 4.79 Å². The number of likely N-dealkylation sites (tertiary alicyclic amines) is 1. The molecule has 2 aliphatic rings. The van der Waals surface area contributed by atoms with E-state index >= 15 is 0 Å². The summed E-state index contributed by atoms with van der Waals surface area (Å²) in [5, 5.41) is 0. The largest absolute Gasteiger partial charge is 0.335 e. The molecule has 1 aliphatic carbocycles. The van der Waals surface area contributed by atoms with Gasteiger partial charge in [0.1, 0.15) is 5.78 Å². The molecule has 2 fully saturated rings. The number of hydrogen-bond donors (Lipinski definition) is 0. The second kappa shape index (κ2) is 5.54. The fourth-order valence-electron chi connectivity index (χ4n) is 3.54. The first-order chi connectivity index (χ1) is 10.1. The lowest BCUT2D eigenvalue weighted by Crippen LogP contribution is -2.41. The van der Waals surface area contributed by atoms with Crippen LogP contribution >= 0.6 is 0 Å². The molecule has 1 heterocycles. The Morgan fingerprint density at radius 2 is 2.00 bits per heavy atom. The van der Waals surface area contributed by atoms with Gasteiger partial charge in [0.05, 0.1) is 5.56 Å². The number of nitrogens with zero attached hydrogens (tertiary/aromatic N) is 1. The molecule has 0 N–H and O–H groups in total. The van der Waals surface area contributed by atoms with Gasteiger partial charge >= 0.3 is 0 Å². The highest BCUT2D eigenvalue weighted by Gasteiger charge is 2.40. The van der Waals surface area contributed by atoms with E-state index < -0.39 is 17.5 Å². The lowest BCUT2D eigenvalue weighted by atomic mass is 9.94. The maximum Gasteiger partial charge on any atom is 0.257 e. The van der Waals surface area contributed by atoms with E-state index in [1.165, 1.54) is 12.1 Å². The minimum absolute atomic E-state index is 0.131. The van der Waals surface area contributed by atoms with Gasteiger partial charge in [0, 0.05) is 24.9 Å². The SMILES string of the molecule is O=C1CCCC1C1CCCN1C(=O)c1cccc(F)c1F. The second-order valence-electron chi connectivity index (χ2n) is 5.77. The van der Waals surface area contributed by atoms with E-state index in [0.717, 1.165) is 31.7 Å². The number of carbonyl (C=O) groups excluding carboxylic acids is 2. The van der Waals surface area contributed by atoms with Gasteiger partial charge in [0.25, 0.3) is 5.91 Å². The van der Waals surface area contributed by atoms with Gasteiger partial charge in [-0.3, -0.25) is 9.59 Å². The van der Waals surface area contributed by atoms with Crippen LogP contribution in [0.15, 0.2) is 18.2 Å². The van der Waals surface area contributed by atoms with Crippen molar-refractivity contribution in [1.82, 2.24) is 4.90 Å². The van der Waals surface area contributed by atoms with Crippen molar-refractivity contribution in [2.75, 3.05) is 6.54 Å². The number of hydrogen-bond acceptors (Lipinski definition) is 2. The highest BCUT2D eigenvalue weighted by Crippen LogP contribution is 2.34. The minimum atomic E-state index is -1.11. The molecule has 0 spiro atoms. The van der Waals surface area contributed by atoms with Crippen molar-refractivity contribution in [3.05, 3.63) is 35.4 Å². The quantitative estimate of drug-likeness (QED) is 0.840. The van der Waals surface area contributed by atoms with Crippen LogP contribution in [0.2, 0.25) is 0 Å². The monoisotopic (exact) mass is 293 g/mol. The van der Waals surface area contributed by atoms with Crippen LogP contribution in [0.5, 0.6) is 0 Å². The predicted molar refractivity (Wildman–Crippen MR) is 72.8 cm³/mol. The number of benzene rings is 1. The Hall–Kier alpha value is -1.78. The number of Topliss-reactive ketones (excluding diaryl/α,β-unsaturated/α-hetero) is 1. The molecule has 21 heavy (non-hydrogen) atoms. The van der Waals surface area contributed by atoms with Gasteiger partial charge in [-0.15, -0.1) is 0 Å². The van der Waals surface area contributed by atoms with E-state index in [0.29, 0.717) is 13.0 Å². The highest BCUT2D eigenvalue weighted by molar-refractivity contribution is 5.95. The Balaban J connectivity index is 1.86. The first kappa shape index (κ1) is 14.2. The van der Waals surface area contributed by atoms with Crippen molar-refractivity contribution in [3.8, 4) is 0 Å². The molecule has 2 atom stereocenters. The van der Waals surface area contributed by atoms with E-state index in [1.54, 1.807) is 4.90 Å². The van der Waals surface area contributed by atoms with Crippen LogP contribution in [0.25, 0.3) is 0 Å². The van der Waals surface area contributed by atoms with Crippen molar-refractivity contribution >= 4 is 11.7 Å². The zero-order valence-corrected chi connectivity index (χ0v) is 11.6. The number of amides is 1. The molecular weight excluding hydrogens is 276 g/mol. The molecule has 3 rings (SSSR count). The summed E-state index contributed by atoms with van der Waals surface area (Å²) in [6.07, 6.45) is 3.78. The van der Waals surface area contributed by atoms with Crippen molar-refractivity contribution in [2.45, 2.75) is 38.1 Å². The Morgan fingerprint density at radius 3 is 2.71 bits per heavy atom. The van der Waals surface area contributed by atoms with Crippen molar-refractivity contribution in [1.29, 1.82) is 0 Å². The Bertz CT molecular complexity index is 588. The smallest absolute Gasteiger partial charge is 0.257 e. The Kier molecular flexibility index (Phi) is 3.74. The van der Waals surface area contributed by atoms with Gasteiger partial charge < -0.3 is 4.90 Å². The zero-order valence-electron chi connectivity index (χ0n) is 11.6. The van der Waals surface area contributed by atoms with Gasteiger partial charge in [-0.2, -0.15) is 0 Å². The summed E-state index contributed by atoms with van der Waals surface area (Å²) in [4.78, 5) is 26.0. The molecule has 2 unspecified atom stereocenters. The molecule has 1 saturated heterocycles. The van der Waals surface area contributed by atoms with Gasteiger partial charge in [-0.25, -0.2) is 8.78 Å². The average Bonchev–Trinajstić information content (AvgIpc) is 3.09. The molecule has 1 amide bonds. The number of rotatable bonds is 2. The maximum absolute atomic E-state index is 13.8. The van der Waals surface area contributed by atoms with E-state index in [9.17, 15) is 18.4 Å². The molecule has 0 radical (unpaired) electrons. The Labute approximate surface area is 121 Å². The summed E-state index contributed by atoms with van der Waals surface area (Å²) in [7, 11) is 0. The molecule has 0 bridgehead atoms. The molecule has 1 aromatic rings. The van der Waals surface area contributed by atoms with E-state index in [1.807, 2.05) is 0 Å². The van der Waals surface area contributed by atoms with Crippen LogP contribution in [0.1, 0.15) is 42.5 Å². The van der Waals surface area contributed by atoms with Gasteiger partial charge in [-0.05, 0) is 37.8 Å². The minimum Gasteiger partial charge on any atom is -0.335 e. The molecule has 3 nitrogen and oxygen atoms in total. The second-order valence-corrected chi connectivity index (χ2v) is 5.77. The van der Waals surface area contributed by atoms with E-state index in [2.05, 4.69) is 0 Å². The van der Waals surface area contributed by atoms with Gasteiger partial charge in [0.15, 0.2) is 11.6 Å². The zero-order chi connectivity index (χ0) is 15.0. The predicted octanol–water partition coefficient (Wildman–Crippen LogP) is 2.94. The normalized spacial score (nSPS) is 25.6. The van der Waals surface area contributed by atoms with Crippen LogP contribution < -0.4 is 0 Å². The fourth-order valence-corrected chi connectivity index (χ4v) is 3.54. The first-order valence-corrected chi connectivity index (χ1v) is 7.37. The van der Waals surface area contributed by atoms with Crippen molar-refractivity contribution in [3.63, 3.8) is 0 Å². The molecule has 5 heteroatoms. The summed E-state index contributed by atoms with van der Waals surface area (Å²) in [6, 6.07) is 3.47.